The number of carbonyl (C=O) groups excluding carboxylic acids is 1. The van der Waals surface area contributed by atoms with Crippen LogP contribution in [0.1, 0.15) is 85.8 Å². The monoisotopic (exact) mass is 617 g/mol. The fourth-order valence-electron chi connectivity index (χ4n) is 11.5. The molecule has 2 aromatic carbocycles. The molecule has 3 saturated carbocycles. The standard InChI is InChI=1S/C38H42F3NO3/c1-33-13-10-28(43)19-35(33)16-17-37(29(20-35)32(44)24-8-5-9-27(18-24)38(39,40)41)30(33)11-14-34(2)31(37)12-15-36(34,45)23-42-21-25-6-3-4-7-26(25)22-42/h3-9,16-18,20,28,30-31,43,45H,10-15,19,21-23H2,1-2H3. The molecule has 2 spiro atoms. The first-order valence-corrected chi connectivity index (χ1v) is 16.6. The summed E-state index contributed by atoms with van der Waals surface area (Å²) in [5, 5.41) is 23.6. The lowest BCUT2D eigenvalue weighted by molar-refractivity contribution is -0.176. The predicted molar refractivity (Wildman–Crippen MR) is 165 cm³/mol. The van der Waals surface area contributed by atoms with E-state index >= 15 is 0 Å². The Morgan fingerprint density at radius 1 is 0.911 bits per heavy atom. The molecule has 1 aliphatic heterocycles. The summed E-state index contributed by atoms with van der Waals surface area (Å²) in [7, 11) is 0. The molecule has 8 atom stereocenters. The van der Waals surface area contributed by atoms with Crippen molar-refractivity contribution in [1.29, 1.82) is 0 Å². The predicted octanol–water partition coefficient (Wildman–Crippen LogP) is 7.50. The molecule has 2 bridgehead atoms. The van der Waals surface area contributed by atoms with E-state index in [0.717, 1.165) is 50.9 Å². The van der Waals surface area contributed by atoms with Crippen LogP contribution in [0.25, 0.3) is 0 Å². The molecule has 0 amide bonds. The number of fused-ring (bicyclic) bond motifs is 2. The van der Waals surface area contributed by atoms with Gasteiger partial charge in [-0.1, -0.05) is 68.5 Å². The molecule has 0 aromatic heterocycles. The molecule has 1 heterocycles. The fourth-order valence-corrected chi connectivity index (χ4v) is 11.5. The first-order chi connectivity index (χ1) is 21.2. The van der Waals surface area contributed by atoms with Gasteiger partial charge >= 0.3 is 6.18 Å². The number of rotatable bonds is 4. The van der Waals surface area contributed by atoms with Gasteiger partial charge in [0.15, 0.2) is 5.78 Å². The van der Waals surface area contributed by atoms with E-state index in [1.807, 2.05) is 0 Å². The van der Waals surface area contributed by atoms with Gasteiger partial charge in [0.2, 0.25) is 0 Å². The highest BCUT2D eigenvalue weighted by molar-refractivity contribution is 6.10. The summed E-state index contributed by atoms with van der Waals surface area (Å²) in [4.78, 5) is 17.0. The van der Waals surface area contributed by atoms with Crippen LogP contribution in [0.4, 0.5) is 13.2 Å². The smallest absolute Gasteiger partial charge is 0.393 e. The number of hydrogen-bond donors (Lipinski definition) is 2. The number of ketones is 1. The van der Waals surface area contributed by atoms with Gasteiger partial charge in [-0.2, -0.15) is 13.2 Å². The van der Waals surface area contributed by atoms with Crippen LogP contribution in [0.15, 0.2) is 72.3 Å². The number of alkyl halides is 3. The van der Waals surface area contributed by atoms with Gasteiger partial charge < -0.3 is 10.2 Å². The summed E-state index contributed by atoms with van der Waals surface area (Å²) in [5.74, 6) is -0.307. The zero-order chi connectivity index (χ0) is 31.6. The molecule has 9 rings (SSSR count). The SMILES string of the molecule is CC12CCC(O)CC13C=CC1(C(C(=O)c4cccc(C(F)(F)F)c4)=C3)C2CCC2(C)C1CCC2(O)CN1Cc2ccccc2C1. The van der Waals surface area contributed by atoms with Crippen LogP contribution in [-0.4, -0.2) is 39.1 Å². The van der Waals surface area contributed by atoms with Crippen LogP contribution in [0.3, 0.4) is 0 Å². The minimum atomic E-state index is -4.55. The summed E-state index contributed by atoms with van der Waals surface area (Å²) in [5.41, 5.74) is -0.487. The van der Waals surface area contributed by atoms with Crippen molar-refractivity contribution in [2.24, 2.45) is 33.5 Å². The minimum absolute atomic E-state index is 0.0436. The maximum atomic E-state index is 14.6. The Labute approximate surface area is 263 Å². The van der Waals surface area contributed by atoms with E-state index in [4.69, 9.17) is 0 Å². The summed E-state index contributed by atoms with van der Waals surface area (Å²) < 4.78 is 41.3. The molecular weight excluding hydrogens is 575 g/mol. The molecule has 238 valence electrons. The van der Waals surface area contributed by atoms with Gasteiger partial charge in [0, 0.05) is 47.0 Å². The Kier molecular flexibility index (Phi) is 6.21. The number of hydrogen-bond acceptors (Lipinski definition) is 4. The number of Topliss-reactive ketones (excluding diaryl/α,β-unsaturated/α-hetero) is 1. The van der Waals surface area contributed by atoms with Crippen LogP contribution in [0.2, 0.25) is 0 Å². The van der Waals surface area contributed by atoms with E-state index in [0.29, 0.717) is 31.4 Å². The summed E-state index contributed by atoms with van der Waals surface area (Å²) in [6.07, 6.45) is 6.51. The molecule has 0 saturated heterocycles. The first kappa shape index (κ1) is 29.6. The van der Waals surface area contributed by atoms with Gasteiger partial charge in [0.05, 0.1) is 17.3 Å². The summed E-state index contributed by atoms with van der Waals surface area (Å²) in [6, 6.07) is 13.3. The third-order valence-corrected chi connectivity index (χ3v) is 13.8. The van der Waals surface area contributed by atoms with Gasteiger partial charge in [0.1, 0.15) is 0 Å². The van der Waals surface area contributed by atoms with Gasteiger partial charge in [-0.3, -0.25) is 9.69 Å². The molecule has 7 aliphatic rings. The number of aliphatic hydroxyl groups excluding tert-OH is 1. The van der Waals surface area contributed by atoms with E-state index < -0.39 is 39.7 Å². The number of benzene rings is 2. The third-order valence-electron chi connectivity index (χ3n) is 13.8. The van der Waals surface area contributed by atoms with Crippen molar-refractivity contribution in [3.63, 3.8) is 0 Å². The lowest BCUT2D eigenvalue weighted by Crippen LogP contribution is -2.67. The van der Waals surface area contributed by atoms with Crippen molar-refractivity contribution in [2.75, 3.05) is 6.54 Å². The Morgan fingerprint density at radius 3 is 2.29 bits per heavy atom. The van der Waals surface area contributed by atoms with Crippen LogP contribution in [0, 0.1) is 33.5 Å². The van der Waals surface area contributed by atoms with Crippen molar-refractivity contribution in [2.45, 2.75) is 89.8 Å². The van der Waals surface area contributed by atoms with Crippen molar-refractivity contribution >= 4 is 5.78 Å². The number of allylic oxidation sites excluding steroid dienone is 4. The van der Waals surface area contributed by atoms with Gasteiger partial charge in [-0.15, -0.1) is 0 Å². The maximum Gasteiger partial charge on any atom is 0.416 e. The molecule has 7 heteroatoms. The van der Waals surface area contributed by atoms with Crippen molar-refractivity contribution in [1.82, 2.24) is 4.90 Å². The molecule has 45 heavy (non-hydrogen) atoms. The highest BCUT2D eigenvalue weighted by Crippen LogP contribution is 2.78. The number of β-amino-alcohol motifs (C(OH)–C–C–N with tert-alkyl or cyclic N) is 1. The van der Waals surface area contributed by atoms with Crippen molar-refractivity contribution in [3.05, 3.63) is 94.6 Å². The number of nitrogens with zero attached hydrogens (tertiary/aromatic N) is 1. The summed E-state index contributed by atoms with van der Waals surface area (Å²) >= 11 is 0. The molecule has 4 nitrogen and oxygen atoms in total. The third kappa shape index (κ3) is 3.87. The van der Waals surface area contributed by atoms with Crippen LogP contribution >= 0.6 is 0 Å². The van der Waals surface area contributed by atoms with Crippen molar-refractivity contribution < 1.29 is 28.2 Å². The lowest BCUT2D eigenvalue weighted by atomic mass is 9.32. The van der Waals surface area contributed by atoms with Crippen LogP contribution in [0.5, 0.6) is 0 Å². The Balaban J connectivity index is 1.23. The second-order valence-corrected chi connectivity index (χ2v) is 15.6. The molecule has 2 aromatic rings. The minimum Gasteiger partial charge on any atom is -0.393 e. The van der Waals surface area contributed by atoms with Gasteiger partial charge in [0.25, 0.3) is 0 Å². The Morgan fingerprint density at radius 2 is 1.58 bits per heavy atom. The Bertz CT molecular complexity index is 1620. The van der Waals surface area contributed by atoms with E-state index in [1.54, 1.807) is 0 Å². The largest absolute Gasteiger partial charge is 0.416 e. The molecule has 0 radical (unpaired) electrons. The van der Waals surface area contributed by atoms with Crippen molar-refractivity contribution in [3.8, 4) is 0 Å². The van der Waals surface area contributed by atoms with Gasteiger partial charge in [-0.25, -0.2) is 0 Å². The van der Waals surface area contributed by atoms with E-state index in [1.165, 1.54) is 23.3 Å². The van der Waals surface area contributed by atoms with E-state index in [9.17, 15) is 28.2 Å². The second-order valence-electron chi connectivity index (χ2n) is 15.6. The fraction of sp³-hybridized carbons (Fsp3) is 0.553. The number of aliphatic hydroxyl groups is 2. The molecular formula is C38H42F3NO3. The average molecular weight is 618 g/mol. The second kappa shape index (κ2) is 9.42. The Hall–Kier alpha value is -2.74. The molecule has 6 aliphatic carbocycles. The zero-order valence-electron chi connectivity index (χ0n) is 26.0. The normalized spacial score (nSPS) is 41.7. The highest BCUT2D eigenvalue weighted by atomic mass is 19.4. The number of halogens is 3. The molecule has 8 unspecified atom stereocenters. The quantitative estimate of drug-likeness (QED) is 0.276. The number of carbonyl (C=O) groups is 1. The molecule has 3 fully saturated rings. The van der Waals surface area contributed by atoms with Crippen LogP contribution in [-0.2, 0) is 19.3 Å². The first-order valence-electron chi connectivity index (χ1n) is 16.6. The lowest BCUT2D eigenvalue weighted by Gasteiger charge is -2.71. The van der Waals surface area contributed by atoms with E-state index in [-0.39, 0.29) is 28.6 Å². The average Bonchev–Trinajstić information content (AvgIpc) is 3.53. The highest BCUT2D eigenvalue weighted by Gasteiger charge is 2.74. The van der Waals surface area contributed by atoms with Gasteiger partial charge in [-0.05, 0) is 85.5 Å². The molecule has 2 N–H and O–H groups in total. The topological polar surface area (TPSA) is 60.8 Å². The maximum absolute atomic E-state index is 14.6. The zero-order valence-corrected chi connectivity index (χ0v) is 26.0. The summed E-state index contributed by atoms with van der Waals surface area (Å²) in [6.45, 7) is 6.68. The van der Waals surface area contributed by atoms with E-state index in [2.05, 4.69) is 61.2 Å². The van der Waals surface area contributed by atoms with Crippen LogP contribution < -0.4 is 0 Å².